The number of pyridine rings is 1. The van der Waals surface area contributed by atoms with Gasteiger partial charge in [-0.3, -0.25) is 9.78 Å². The van der Waals surface area contributed by atoms with Gasteiger partial charge in [0.15, 0.2) is 0 Å². The summed E-state index contributed by atoms with van der Waals surface area (Å²) in [6.07, 6.45) is 4.78. The third-order valence-corrected chi connectivity index (χ3v) is 3.58. The maximum atomic E-state index is 12.0. The topological polar surface area (TPSA) is 54.0 Å². The average molecular weight is 281 g/mol. The Hall–Kier alpha value is -2.36. The van der Waals surface area contributed by atoms with Gasteiger partial charge in [0.25, 0.3) is 5.91 Å². The molecule has 0 aliphatic heterocycles. The third-order valence-electron chi connectivity index (χ3n) is 3.58. The molecule has 1 heterocycles. The minimum absolute atomic E-state index is 0.0927. The predicted octanol–water partition coefficient (Wildman–Crippen LogP) is 3.28. The van der Waals surface area contributed by atoms with Gasteiger partial charge < -0.3 is 10.6 Å². The lowest BCUT2D eigenvalue weighted by Gasteiger charge is -2.11. The number of carbonyl (C=O) groups excluding carboxylic acids is 1. The minimum Gasteiger partial charge on any atom is -0.355 e. The number of aromatic nitrogens is 1. The smallest absolute Gasteiger partial charge is 0.270 e. The summed E-state index contributed by atoms with van der Waals surface area (Å²) in [5, 5.41) is 6.32. The molecule has 0 bridgehead atoms. The Morgan fingerprint density at radius 3 is 2.86 bits per heavy atom. The summed E-state index contributed by atoms with van der Waals surface area (Å²) >= 11 is 0. The number of nitrogens with one attached hydrogen (secondary N) is 2. The first kappa shape index (κ1) is 13.6. The lowest BCUT2D eigenvalue weighted by molar-refractivity contribution is 0.0946. The molecule has 4 heteroatoms. The van der Waals surface area contributed by atoms with Gasteiger partial charge in [-0.1, -0.05) is 25.1 Å². The van der Waals surface area contributed by atoms with Crippen molar-refractivity contribution in [2.24, 2.45) is 0 Å². The molecular formula is C17H19N3O. The molecule has 1 fully saturated rings. The summed E-state index contributed by atoms with van der Waals surface area (Å²) in [7, 11) is 0. The highest BCUT2D eigenvalue weighted by Crippen LogP contribution is 2.22. The fraction of sp³-hybridized carbons (Fsp3) is 0.294. The molecule has 1 saturated carbocycles. The first-order chi connectivity index (χ1) is 10.3. The van der Waals surface area contributed by atoms with Crippen molar-refractivity contribution in [2.75, 3.05) is 5.32 Å². The molecule has 1 aromatic carbocycles. The average Bonchev–Trinajstić information content (AvgIpc) is 3.32. The molecule has 1 aliphatic rings. The summed E-state index contributed by atoms with van der Waals surface area (Å²) in [5.41, 5.74) is 3.66. The molecule has 0 unspecified atom stereocenters. The Kier molecular flexibility index (Phi) is 3.86. The summed E-state index contributed by atoms with van der Waals surface area (Å²) in [4.78, 5) is 16.2. The second-order valence-electron chi connectivity index (χ2n) is 5.31. The van der Waals surface area contributed by atoms with Gasteiger partial charge in [-0.15, -0.1) is 0 Å². The highest BCUT2D eigenvalue weighted by Gasteiger charge is 2.24. The van der Waals surface area contributed by atoms with E-state index in [2.05, 4.69) is 28.6 Å². The van der Waals surface area contributed by atoms with Crippen LogP contribution in [0.1, 0.15) is 35.8 Å². The molecule has 3 rings (SSSR count). The zero-order chi connectivity index (χ0) is 14.7. The summed E-state index contributed by atoms with van der Waals surface area (Å²) < 4.78 is 0. The molecule has 0 atom stereocenters. The number of anilines is 2. The van der Waals surface area contributed by atoms with Gasteiger partial charge in [-0.25, -0.2) is 0 Å². The van der Waals surface area contributed by atoms with Crippen LogP contribution in [0.25, 0.3) is 0 Å². The largest absolute Gasteiger partial charge is 0.355 e. The van der Waals surface area contributed by atoms with E-state index in [1.165, 1.54) is 5.56 Å². The van der Waals surface area contributed by atoms with E-state index in [1.54, 1.807) is 12.3 Å². The normalized spacial score (nSPS) is 13.8. The van der Waals surface area contributed by atoms with E-state index in [1.807, 2.05) is 24.3 Å². The lowest BCUT2D eigenvalue weighted by atomic mass is 10.1. The van der Waals surface area contributed by atoms with Crippen molar-refractivity contribution in [2.45, 2.75) is 32.2 Å². The molecule has 1 aliphatic carbocycles. The van der Waals surface area contributed by atoms with E-state index < -0.39 is 0 Å². The van der Waals surface area contributed by atoms with Crippen molar-refractivity contribution in [1.82, 2.24) is 10.3 Å². The number of carbonyl (C=O) groups is 1. The molecule has 1 aromatic heterocycles. The Balaban J connectivity index is 1.77. The summed E-state index contributed by atoms with van der Waals surface area (Å²) in [5.74, 6) is -0.0927. The molecule has 0 spiro atoms. The maximum absolute atomic E-state index is 12.0. The number of hydrogen-bond donors (Lipinski definition) is 2. The first-order valence-corrected chi connectivity index (χ1v) is 7.38. The SMILES string of the molecule is CCc1ccccc1Nc1ccnc(C(=O)NC2CC2)c1. The molecule has 2 aromatic rings. The zero-order valence-corrected chi connectivity index (χ0v) is 12.1. The van der Waals surface area contributed by atoms with Gasteiger partial charge in [0, 0.05) is 23.6 Å². The van der Waals surface area contributed by atoms with Gasteiger partial charge in [0.1, 0.15) is 5.69 Å². The predicted molar refractivity (Wildman–Crippen MR) is 83.8 cm³/mol. The van der Waals surface area contributed by atoms with Crippen LogP contribution < -0.4 is 10.6 Å². The minimum atomic E-state index is -0.0927. The lowest BCUT2D eigenvalue weighted by Crippen LogP contribution is -2.26. The Labute approximate surface area is 124 Å². The monoisotopic (exact) mass is 281 g/mol. The zero-order valence-electron chi connectivity index (χ0n) is 12.1. The number of aryl methyl sites for hydroxylation is 1. The van der Waals surface area contributed by atoms with E-state index >= 15 is 0 Å². The van der Waals surface area contributed by atoms with Crippen LogP contribution >= 0.6 is 0 Å². The second-order valence-corrected chi connectivity index (χ2v) is 5.31. The van der Waals surface area contributed by atoms with E-state index in [-0.39, 0.29) is 5.91 Å². The van der Waals surface area contributed by atoms with Crippen molar-refractivity contribution < 1.29 is 4.79 Å². The van der Waals surface area contributed by atoms with Crippen LogP contribution in [-0.4, -0.2) is 16.9 Å². The number of hydrogen-bond acceptors (Lipinski definition) is 3. The van der Waals surface area contributed by atoms with Crippen molar-refractivity contribution in [1.29, 1.82) is 0 Å². The Morgan fingerprint density at radius 1 is 1.29 bits per heavy atom. The molecule has 0 saturated heterocycles. The highest BCUT2D eigenvalue weighted by molar-refractivity contribution is 5.93. The van der Waals surface area contributed by atoms with Crippen molar-refractivity contribution in [3.05, 3.63) is 53.9 Å². The summed E-state index contributed by atoms with van der Waals surface area (Å²) in [6, 6.07) is 12.2. The van der Waals surface area contributed by atoms with Crippen molar-refractivity contribution in [3.63, 3.8) is 0 Å². The molecule has 21 heavy (non-hydrogen) atoms. The van der Waals surface area contributed by atoms with Gasteiger partial charge >= 0.3 is 0 Å². The van der Waals surface area contributed by atoms with E-state index in [4.69, 9.17) is 0 Å². The molecule has 0 radical (unpaired) electrons. The molecule has 4 nitrogen and oxygen atoms in total. The Bertz CT molecular complexity index is 650. The quantitative estimate of drug-likeness (QED) is 0.884. The maximum Gasteiger partial charge on any atom is 0.270 e. The van der Waals surface area contributed by atoms with Crippen LogP contribution in [0.4, 0.5) is 11.4 Å². The standard InChI is InChI=1S/C17H19N3O/c1-2-12-5-3-4-6-15(12)19-14-9-10-18-16(11-14)17(21)20-13-7-8-13/h3-6,9-11,13H,2,7-8H2,1H3,(H,18,19)(H,20,21). The summed E-state index contributed by atoms with van der Waals surface area (Å²) in [6.45, 7) is 2.13. The van der Waals surface area contributed by atoms with Crippen LogP contribution in [-0.2, 0) is 6.42 Å². The van der Waals surface area contributed by atoms with E-state index in [0.29, 0.717) is 11.7 Å². The second kappa shape index (κ2) is 5.95. The molecular weight excluding hydrogens is 262 g/mol. The van der Waals surface area contributed by atoms with Crippen molar-refractivity contribution >= 4 is 17.3 Å². The fourth-order valence-electron chi connectivity index (χ4n) is 2.23. The third kappa shape index (κ3) is 3.40. The van der Waals surface area contributed by atoms with Gasteiger partial charge in [-0.2, -0.15) is 0 Å². The van der Waals surface area contributed by atoms with Crippen LogP contribution in [0.5, 0.6) is 0 Å². The van der Waals surface area contributed by atoms with E-state index in [0.717, 1.165) is 30.6 Å². The van der Waals surface area contributed by atoms with Crippen LogP contribution in [0, 0.1) is 0 Å². The van der Waals surface area contributed by atoms with Crippen LogP contribution in [0.2, 0.25) is 0 Å². The number of para-hydroxylation sites is 1. The number of nitrogens with zero attached hydrogens (tertiary/aromatic N) is 1. The molecule has 1 amide bonds. The van der Waals surface area contributed by atoms with Crippen LogP contribution in [0.15, 0.2) is 42.6 Å². The van der Waals surface area contributed by atoms with Crippen LogP contribution in [0.3, 0.4) is 0 Å². The molecule has 2 N–H and O–H groups in total. The van der Waals surface area contributed by atoms with Crippen molar-refractivity contribution in [3.8, 4) is 0 Å². The molecule has 108 valence electrons. The number of rotatable bonds is 5. The Morgan fingerprint density at radius 2 is 2.10 bits per heavy atom. The fourth-order valence-corrected chi connectivity index (χ4v) is 2.23. The van der Waals surface area contributed by atoms with Gasteiger partial charge in [0.05, 0.1) is 0 Å². The number of amides is 1. The highest BCUT2D eigenvalue weighted by atomic mass is 16.2. The van der Waals surface area contributed by atoms with Gasteiger partial charge in [-0.05, 0) is 43.0 Å². The van der Waals surface area contributed by atoms with Gasteiger partial charge in [0.2, 0.25) is 0 Å². The van der Waals surface area contributed by atoms with E-state index in [9.17, 15) is 4.79 Å². The first-order valence-electron chi connectivity index (χ1n) is 7.38. The number of benzene rings is 1.